The second kappa shape index (κ2) is 5.29. The highest BCUT2D eigenvalue weighted by Crippen LogP contribution is 2.40. The highest BCUT2D eigenvalue weighted by Gasteiger charge is 2.44. The number of carbonyl (C=O) groups excluding carboxylic acids is 1. The fourth-order valence-electron chi connectivity index (χ4n) is 3.20. The van der Waals surface area contributed by atoms with Crippen molar-refractivity contribution in [3.05, 3.63) is 0 Å². The second-order valence-electron chi connectivity index (χ2n) is 5.82. The third-order valence-corrected chi connectivity index (χ3v) is 4.67. The van der Waals surface area contributed by atoms with Gasteiger partial charge in [-0.2, -0.15) is 0 Å². The number of rotatable bonds is 5. The van der Waals surface area contributed by atoms with Crippen molar-refractivity contribution in [2.24, 2.45) is 23.7 Å². The van der Waals surface area contributed by atoms with Crippen LogP contribution in [-0.2, 0) is 9.59 Å². The minimum Gasteiger partial charge on any atom is -0.481 e. The summed E-state index contributed by atoms with van der Waals surface area (Å²) in [5.41, 5.74) is 0. The summed E-state index contributed by atoms with van der Waals surface area (Å²) < 4.78 is 0. The van der Waals surface area contributed by atoms with Crippen molar-refractivity contribution in [1.82, 2.24) is 5.32 Å². The van der Waals surface area contributed by atoms with Crippen LogP contribution < -0.4 is 5.32 Å². The maximum absolute atomic E-state index is 12.2. The van der Waals surface area contributed by atoms with Crippen LogP contribution in [0.2, 0.25) is 0 Å². The van der Waals surface area contributed by atoms with E-state index in [4.69, 9.17) is 0 Å². The Hall–Kier alpha value is -1.06. The van der Waals surface area contributed by atoms with Gasteiger partial charge in [0.1, 0.15) is 0 Å². The molecule has 0 bridgehead atoms. The van der Waals surface area contributed by atoms with Crippen LogP contribution in [0, 0.1) is 23.7 Å². The topological polar surface area (TPSA) is 66.4 Å². The van der Waals surface area contributed by atoms with Crippen LogP contribution in [0.3, 0.4) is 0 Å². The summed E-state index contributed by atoms with van der Waals surface area (Å²) in [5.74, 6) is -0.629. The number of amides is 1. The number of hydrogen-bond donors (Lipinski definition) is 2. The van der Waals surface area contributed by atoms with E-state index in [1.165, 1.54) is 0 Å². The molecule has 0 heterocycles. The average molecular weight is 253 g/mol. The number of carboxylic acids is 1. The molecule has 2 saturated carbocycles. The standard InChI is InChI=1S/C14H23NO3/c1-3-8-5-10(11(6-8)14(17)18)13(16)15-12-7-9(12)4-2/h8-12H,3-7H2,1-2H3,(H,15,16)(H,17,18). The predicted octanol–water partition coefficient (Wildman–Crippen LogP) is 2.04. The monoisotopic (exact) mass is 253 g/mol. The largest absolute Gasteiger partial charge is 0.481 e. The molecule has 2 rings (SSSR count). The van der Waals surface area contributed by atoms with Gasteiger partial charge >= 0.3 is 5.97 Å². The van der Waals surface area contributed by atoms with Crippen molar-refractivity contribution in [1.29, 1.82) is 0 Å². The Balaban J connectivity index is 1.93. The van der Waals surface area contributed by atoms with Crippen LogP contribution in [0.1, 0.15) is 46.0 Å². The average Bonchev–Trinajstić information content (AvgIpc) is 2.93. The molecule has 0 aromatic heterocycles. The van der Waals surface area contributed by atoms with Gasteiger partial charge in [0.05, 0.1) is 11.8 Å². The van der Waals surface area contributed by atoms with E-state index in [0.29, 0.717) is 24.3 Å². The number of carbonyl (C=O) groups is 2. The Morgan fingerprint density at radius 3 is 2.28 bits per heavy atom. The maximum Gasteiger partial charge on any atom is 0.307 e. The molecule has 2 N–H and O–H groups in total. The Labute approximate surface area is 108 Å². The Morgan fingerprint density at radius 2 is 1.78 bits per heavy atom. The van der Waals surface area contributed by atoms with Gasteiger partial charge < -0.3 is 10.4 Å². The van der Waals surface area contributed by atoms with E-state index >= 15 is 0 Å². The third-order valence-electron chi connectivity index (χ3n) is 4.67. The fourth-order valence-corrected chi connectivity index (χ4v) is 3.20. The summed E-state index contributed by atoms with van der Waals surface area (Å²) in [6.45, 7) is 4.19. The number of hydrogen-bond acceptors (Lipinski definition) is 2. The summed E-state index contributed by atoms with van der Waals surface area (Å²) in [7, 11) is 0. The van der Waals surface area contributed by atoms with E-state index in [1.54, 1.807) is 0 Å². The lowest BCUT2D eigenvalue weighted by Crippen LogP contribution is -2.37. The second-order valence-corrected chi connectivity index (χ2v) is 5.82. The Bertz CT molecular complexity index is 342. The van der Waals surface area contributed by atoms with Crippen LogP contribution in [0.5, 0.6) is 0 Å². The zero-order valence-corrected chi connectivity index (χ0v) is 11.2. The molecule has 0 saturated heterocycles. The first-order valence-electron chi connectivity index (χ1n) is 7.09. The maximum atomic E-state index is 12.2. The Morgan fingerprint density at radius 1 is 1.11 bits per heavy atom. The first kappa shape index (κ1) is 13.4. The van der Waals surface area contributed by atoms with E-state index in [9.17, 15) is 14.7 Å². The van der Waals surface area contributed by atoms with E-state index in [-0.39, 0.29) is 11.8 Å². The first-order chi connectivity index (χ1) is 8.56. The number of carboxylic acid groups (broad SMARTS) is 1. The lowest BCUT2D eigenvalue weighted by Gasteiger charge is -2.15. The van der Waals surface area contributed by atoms with Gasteiger partial charge in [-0.15, -0.1) is 0 Å². The van der Waals surface area contributed by atoms with Crippen LogP contribution >= 0.6 is 0 Å². The molecule has 2 aliphatic rings. The van der Waals surface area contributed by atoms with Crippen molar-refractivity contribution >= 4 is 11.9 Å². The molecule has 5 unspecified atom stereocenters. The van der Waals surface area contributed by atoms with Gasteiger partial charge in [-0.3, -0.25) is 9.59 Å². The van der Waals surface area contributed by atoms with Crippen LogP contribution in [0.25, 0.3) is 0 Å². The van der Waals surface area contributed by atoms with Gasteiger partial charge in [0, 0.05) is 6.04 Å². The number of nitrogens with one attached hydrogen (secondary N) is 1. The van der Waals surface area contributed by atoms with Crippen molar-refractivity contribution in [2.45, 2.75) is 52.0 Å². The van der Waals surface area contributed by atoms with Gasteiger partial charge in [-0.05, 0) is 31.1 Å². The molecule has 0 radical (unpaired) electrons. The highest BCUT2D eigenvalue weighted by atomic mass is 16.4. The molecule has 102 valence electrons. The minimum absolute atomic E-state index is 0.0284. The van der Waals surface area contributed by atoms with Gasteiger partial charge in [0.2, 0.25) is 5.91 Å². The van der Waals surface area contributed by atoms with Gasteiger partial charge in [0.15, 0.2) is 0 Å². The molecule has 0 aliphatic heterocycles. The molecule has 5 atom stereocenters. The lowest BCUT2D eigenvalue weighted by molar-refractivity contribution is -0.146. The van der Waals surface area contributed by atoms with E-state index in [0.717, 1.165) is 25.7 Å². The fraction of sp³-hybridized carbons (Fsp3) is 0.857. The summed E-state index contributed by atoms with van der Waals surface area (Å²) in [5, 5.41) is 12.2. The van der Waals surface area contributed by atoms with Crippen molar-refractivity contribution in [2.75, 3.05) is 0 Å². The highest BCUT2D eigenvalue weighted by molar-refractivity contribution is 5.85. The molecular weight excluding hydrogens is 230 g/mol. The molecule has 0 aromatic rings. The zero-order chi connectivity index (χ0) is 13.3. The minimum atomic E-state index is -0.811. The summed E-state index contributed by atoms with van der Waals surface area (Å²) in [6, 6.07) is 0.303. The van der Waals surface area contributed by atoms with Gasteiger partial charge in [-0.25, -0.2) is 0 Å². The predicted molar refractivity (Wildman–Crippen MR) is 68.0 cm³/mol. The molecule has 0 aromatic carbocycles. The first-order valence-corrected chi connectivity index (χ1v) is 7.09. The summed E-state index contributed by atoms with van der Waals surface area (Å²) in [6.07, 6.45) is 4.52. The molecule has 0 spiro atoms. The molecule has 2 fully saturated rings. The van der Waals surface area contributed by atoms with Gasteiger partial charge in [0.25, 0.3) is 0 Å². The Kier molecular flexibility index (Phi) is 3.93. The third kappa shape index (κ3) is 2.68. The van der Waals surface area contributed by atoms with Crippen LogP contribution in [0.4, 0.5) is 0 Å². The molecule has 2 aliphatic carbocycles. The van der Waals surface area contributed by atoms with E-state index in [1.807, 2.05) is 0 Å². The quantitative estimate of drug-likeness (QED) is 0.788. The van der Waals surface area contributed by atoms with E-state index < -0.39 is 11.9 Å². The molecule has 4 nitrogen and oxygen atoms in total. The van der Waals surface area contributed by atoms with Crippen LogP contribution in [0.15, 0.2) is 0 Å². The summed E-state index contributed by atoms with van der Waals surface area (Å²) in [4.78, 5) is 23.4. The molecular formula is C14H23NO3. The SMILES string of the molecule is CCC1CC(C(=O)O)C(C(=O)NC2CC2CC)C1. The van der Waals surface area contributed by atoms with Gasteiger partial charge in [-0.1, -0.05) is 26.7 Å². The normalized spacial score (nSPS) is 38.4. The lowest BCUT2D eigenvalue weighted by atomic mass is 9.95. The smallest absolute Gasteiger partial charge is 0.307 e. The zero-order valence-electron chi connectivity index (χ0n) is 11.2. The van der Waals surface area contributed by atoms with Crippen molar-refractivity contribution in [3.8, 4) is 0 Å². The number of aliphatic carboxylic acids is 1. The van der Waals surface area contributed by atoms with Crippen molar-refractivity contribution in [3.63, 3.8) is 0 Å². The van der Waals surface area contributed by atoms with Crippen LogP contribution in [-0.4, -0.2) is 23.0 Å². The van der Waals surface area contributed by atoms with Crippen molar-refractivity contribution < 1.29 is 14.7 Å². The molecule has 1 amide bonds. The summed E-state index contributed by atoms with van der Waals surface area (Å²) >= 11 is 0. The van der Waals surface area contributed by atoms with E-state index in [2.05, 4.69) is 19.2 Å². The molecule has 4 heteroatoms. The molecule has 18 heavy (non-hydrogen) atoms.